The molecule has 3 aromatic carbocycles. The summed E-state index contributed by atoms with van der Waals surface area (Å²) in [5.41, 5.74) is 4.20. The molecule has 3 aromatic rings. The largest absolute Gasteiger partial charge is 0.352 e. The molecule has 1 aliphatic rings. The van der Waals surface area contributed by atoms with Crippen molar-refractivity contribution in [1.29, 1.82) is 0 Å². The molecule has 1 saturated carbocycles. The van der Waals surface area contributed by atoms with E-state index in [1.165, 1.54) is 4.31 Å². The minimum atomic E-state index is -3.80. The van der Waals surface area contributed by atoms with Crippen molar-refractivity contribution < 1.29 is 18.0 Å². The molecular formula is C33H41N3O4S. The van der Waals surface area contributed by atoms with Crippen molar-refractivity contribution in [1.82, 2.24) is 10.2 Å². The van der Waals surface area contributed by atoms with Crippen molar-refractivity contribution in [3.05, 3.63) is 101 Å². The Labute approximate surface area is 244 Å². The van der Waals surface area contributed by atoms with Crippen LogP contribution in [-0.4, -0.2) is 50.0 Å². The van der Waals surface area contributed by atoms with Gasteiger partial charge in [0, 0.05) is 19.0 Å². The second-order valence-electron chi connectivity index (χ2n) is 11.0. The van der Waals surface area contributed by atoms with Gasteiger partial charge in [-0.05, 0) is 48.9 Å². The van der Waals surface area contributed by atoms with Crippen LogP contribution in [0.15, 0.2) is 78.9 Å². The number of aryl methyl sites for hydroxylation is 2. The number of hydrogen-bond donors (Lipinski definition) is 1. The summed E-state index contributed by atoms with van der Waals surface area (Å²) in [5, 5.41) is 3.20. The van der Waals surface area contributed by atoms with Gasteiger partial charge in [-0.2, -0.15) is 0 Å². The Morgan fingerprint density at radius 1 is 0.902 bits per heavy atom. The van der Waals surface area contributed by atoms with Crippen LogP contribution in [0.25, 0.3) is 0 Å². The number of hydrogen-bond acceptors (Lipinski definition) is 4. The number of anilines is 1. The zero-order chi connectivity index (χ0) is 29.4. The summed E-state index contributed by atoms with van der Waals surface area (Å²) in [4.78, 5) is 29.7. The molecule has 0 heterocycles. The van der Waals surface area contributed by atoms with Crippen LogP contribution in [0.4, 0.5) is 5.69 Å². The van der Waals surface area contributed by atoms with E-state index in [0.717, 1.165) is 54.2 Å². The standard InChI is InChI=1S/C33H41N3O4S/c1-4-28-14-8-11-17-30(28)36(41(3,39)40)24-32(37)35(23-27-20-18-25(2)19-21-27)31(22-26-12-6-5-7-13-26)33(38)34-29-15-9-10-16-29/h5-8,11-14,17-21,29,31H,4,9-10,15-16,22-24H2,1-3H3,(H,34,38)/t31-/m0/s1. The zero-order valence-electron chi connectivity index (χ0n) is 24.3. The lowest BCUT2D eigenvalue weighted by Gasteiger charge is -2.34. The van der Waals surface area contributed by atoms with Gasteiger partial charge in [-0.3, -0.25) is 13.9 Å². The fourth-order valence-electron chi connectivity index (χ4n) is 5.46. The van der Waals surface area contributed by atoms with Crippen LogP contribution >= 0.6 is 0 Å². The van der Waals surface area contributed by atoms with Gasteiger partial charge in [0.15, 0.2) is 0 Å². The van der Waals surface area contributed by atoms with E-state index < -0.39 is 28.5 Å². The van der Waals surface area contributed by atoms with Crippen LogP contribution in [0, 0.1) is 6.92 Å². The van der Waals surface area contributed by atoms with Crippen molar-refractivity contribution in [3.8, 4) is 0 Å². The number of benzene rings is 3. The third-order valence-electron chi connectivity index (χ3n) is 7.77. The molecule has 7 nitrogen and oxygen atoms in total. The van der Waals surface area contributed by atoms with Gasteiger partial charge in [0.05, 0.1) is 11.9 Å². The van der Waals surface area contributed by atoms with Gasteiger partial charge in [0.25, 0.3) is 0 Å². The molecule has 0 aromatic heterocycles. The summed E-state index contributed by atoms with van der Waals surface area (Å²) in [6, 6.07) is 24.0. The first kappa shape index (κ1) is 30.3. The molecule has 2 amide bonds. The van der Waals surface area contributed by atoms with E-state index in [1.807, 2.05) is 80.6 Å². The van der Waals surface area contributed by atoms with Crippen molar-refractivity contribution in [2.24, 2.45) is 0 Å². The average molecular weight is 576 g/mol. The van der Waals surface area contributed by atoms with Gasteiger partial charge in [0.2, 0.25) is 21.8 Å². The Hall–Kier alpha value is -3.65. The van der Waals surface area contributed by atoms with E-state index in [1.54, 1.807) is 17.0 Å². The highest BCUT2D eigenvalue weighted by Crippen LogP contribution is 2.25. The summed E-state index contributed by atoms with van der Waals surface area (Å²) in [5.74, 6) is -0.634. The van der Waals surface area contributed by atoms with E-state index >= 15 is 0 Å². The number of nitrogens with zero attached hydrogens (tertiary/aromatic N) is 2. The lowest BCUT2D eigenvalue weighted by molar-refractivity contribution is -0.140. The van der Waals surface area contributed by atoms with Gasteiger partial charge in [-0.25, -0.2) is 8.42 Å². The van der Waals surface area contributed by atoms with Gasteiger partial charge >= 0.3 is 0 Å². The number of rotatable bonds is 12. The average Bonchev–Trinajstić information content (AvgIpc) is 3.47. The molecule has 1 N–H and O–H groups in total. The maximum absolute atomic E-state index is 14.3. The van der Waals surface area contributed by atoms with E-state index in [9.17, 15) is 18.0 Å². The van der Waals surface area contributed by atoms with Crippen molar-refractivity contribution in [2.75, 3.05) is 17.1 Å². The van der Waals surface area contributed by atoms with Crippen LogP contribution < -0.4 is 9.62 Å². The maximum atomic E-state index is 14.3. The number of amides is 2. The fraction of sp³-hybridized carbons (Fsp3) is 0.394. The molecular weight excluding hydrogens is 534 g/mol. The summed E-state index contributed by atoms with van der Waals surface area (Å²) in [6.07, 6.45) is 6.04. The molecule has 218 valence electrons. The number of para-hydroxylation sites is 1. The molecule has 41 heavy (non-hydrogen) atoms. The van der Waals surface area contributed by atoms with Gasteiger partial charge in [-0.1, -0.05) is 98.1 Å². The van der Waals surface area contributed by atoms with E-state index in [-0.39, 0.29) is 18.5 Å². The second kappa shape index (κ2) is 13.8. The summed E-state index contributed by atoms with van der Waals surface area (Å²) >= 11 is 0. The van der Waals surface area contributed by atoms with Crippen molar-refractivity contribution >= 4 is 27.5 Å². The number of sulfonamides is 1. The highest BCUT2D eigenvalue weighted by Gasteiger charge is 2.34. The molecule has 4 rings (SSSR count). The zero-order valence-corrected chi connectivity index (χ0v) is 25.1. The predicted octanol–water partition coefficient (Wildman–Crippen LogP) is 5.02. The first-order chi connectivity index (χ1) is 19.7. The Bertz CT molecular complexity index is 1420. The van der Waals surface area contributed by atoms with E-state index in [4.69, 9.17) is 0 Å². The minimum Gasteiger partial charge on any atom is -0.352 e. The molecule has 0 aliphatic heterocycles. The maximum Gasteiger partial charge on any atom is 0.244 e. The molecule has 0 saturated heterocycles. The Morgan fingerprint density at radius 2 is 1.54 bits per heavy atom. The fourth-order valence-corrected chi connectivity index (χ4v) is 6.34. The van der Waals surface area contributed by atoms with Crippen LogP contribution in [0.5, 0.6) is 0 Å². The summed E-state index contributed by atoms with van der Waals surface area (Å²) < 4.78 is 27.3. The molecule has 8 heteroatoms. The van der Waals surface area contributed by atoms with Crippen LogP contribution in [-0.2, 0) is 39.0 Å². The monoisotopic (exact) mass is 575 g/mol. The lowest BCUT2D eigenvalue weighted by atomic mass is 10.0. The molecule has 1 fully saturated rings. The smallest absolute Gasteiger partial charge is 0.244 e. The summed E-state index contributed by atoms with van der Waals surface area (Å²) in [7, 11) is -3.80. The highest BCUT2D eigenvalue weighted by molar-refractivity contribution is 7.92. The van der Waals surface area contributed by atoms with E-state index in [2.05, 4.69) is 5.32 Å². The number of nitrogens with one attached hydrogen (secondary N) is 1. The number of carbonyl (C=O) groups excluding carboxylic acids is 2. The first-order valence-corrected chi connectivity index (χ1v) is 16.3. The second-order valence-corrected chi connectivity index (χ2v) is 12.9. The third kappa shape index (κ3) is 8.19. The van der Waals surface area contributed by atoms with Gasteiger partial charge in [-0.15, -0.1) is 0 Å². The first-order valence-electron chi connectivity index (χ1n) is 14.4. The Balaban J connectivity index is 1.73. The minimum absolute atomic E-state index is 0.0843. The molecule has 0 radical (unpaired) electrons. The molecule has 0 spiro atoms. The Morgan fingerprint density at radius 3 is 2.17 bits per heavy atom. The normalized spacial score (nSPS) is 14.4. The van der Waals surface area contributed by atoms with Crippen molar-refractivity contribution in [3.63, 3.8) is 0 Å². The SMILES string of the molecule is CCc1ccccc1N(CC(=O)N(Cc1ccc(C)cc1)[C@@H](Cc1ccccc1)C(=O)NC1CCCC1)S(C)(=O)=O. The van der Waals surface area contributed by atoms with Crippen molar-refractivity contribution in [2.45, 2.75) is 71.0 Å². The molecule has 1 atom stereocenters. The Kier molecular flexibility index (Phi) is 10.2. The summed E-state index contributed by atoms with van der Waals surface area (Å²) in [6.45, 7) is 3.73. The third-order valence-corrected chi connectivity index (χ3v) is 8.89. The van der Waals surface area contributed by atoms with Crippen LogP contribution in [0.1, 0.15) is 54.9 Å². The lowest BCUT2D eigenvalue weighted by Crippen LogP contribution is -2.54. The molecule has 0 bridgehead atoms. The van der Waals surface area contributed by atoms with E-state index in [0.29, 0.717) is 18.5 Å². The van der Waals surface area contributed by atoms with Gasteiger partial charge < -0.3 is 10.2 Å². The quantitative estimate of drug-likeness (QED) is 0.329. The molecule has 1 aliphatic carbocycles. The molecule has 0 unspecified atom stereocenters. The highest BCUT2D eigenvalue weighted by atomic mass is 32.2. The topological polar surface area (TPSA) is 86.8 Å². The van der Waals surface area contributed by atoms with Crippen LogP contribution in [0.2, 0.25) is 0 Å². The predicted molar refractivity (Wildman–Crippen MR) is 164 cm³/mol. The number of carbonyl (C=O) groups is 2. The van der Waals surface area contributed by atoms with Gasteiger partial charge in [0.1, 0.15) is 12.6 Å². The van der Waals surface area contributed by atoms with Crippen LogP contribution in [0.3, 0.4) is 0 Å².